The number of methoxy groups -OCH3 is 2. The molecule has 0 heterocycles. The maximum absolute atomic E-state index is 11.2. The zero-order chi connectivity index (χ0) is 10.3. The molecule has 5 heteroatoms. The molecule has 13 heavy (non-hydrogen) atoms. The summed E-state index contributed by atoms with van der Waals surface area (Å²) < 4.78 is 11.2. The van der Waals surface area contributed by atoms with Gasteiger partial charge in [0.15, 0.2) is 0 Å². The first-order valence-corrected chi connectivity index (χ1v) is 4.79. The minimum Gasteiger partial charge on any atom is -0.468 e. The third-order valence-corrected chi connectivity index (χ3v) is 2.22. The van der Waals surface area contributed by atoms with E-state index in [0.29, 0.717) is 6.61 Å². The van der Waals surface area contributed by atoms with Crippen molar-refractivity contribution in [3.8, 4) is 0 Å². The molecular weight excluding hydrogens is 238 g/mol. The van der Waals surface area contributed by atoms with Crippen LogP contribution in [0, 0.1) is 0 Å². The highest BCUT2D eigenvalue weighted by molar-refractivity contribution is 9.07. The van der Waals surface area contributed by atoms with Crippen LogP contribution >= 0.6 is 16.1 Å². The van der Waals surface area contributed by atoms with Crippen molar-refractivity contribution < 1.29 is 14.3 Å². The van der Waals surface area contributed by atoms with Gasteiger partial charge < -0.3 is 9.47 Å². The highest BCUT2D eigenvalue weighted by Gasteiger charge is 2.21. The first kappa shape index (κ1) is 12.9. The number of carbonyl (C=O) groups excluding carboxylic acids is 1. The van der Waals surface area contributed by atoms with Crippen LogP contribution in [0.1, 0.15) is 12.8 Å². The number of rotatable bonds is 6. The van der Waals surface area contributed by atoms with Gasteiger partial charge in [-0.25, -0.2) is 3.93 Å². The van der Waals surface area contributed by atoms with Gasteiger partial charge in [0, 0.05) is 29.9 Å². The van der Waals surface area contributed by atoms with E-state index in [0.717, 1.165) is 12.8 Å². The van der Waals surface area contributed by atoms with Gasteiger partial charge in [0.05, 0.1) is 7.11 Å². The number of halogens is 1. The van der Waals surface area contributed by atoms with E-state index in [2.05, 4.69) is 20.9 Å². The average Bonchev–Trinajstić information content (AvgIpc) is 2.11. The lowest BCUT2D eigenvalue weighted by atomic mass is 10.1. The standard InChI is InChI=1S/C8H16BrNO3/c1-10(9)7(8(11)13-3)5-4-6-12-2/h7H,4-6H2,1-3H3. The lowest BCUT2D eigenvalue weighted by Gasteiger charge is -2.19. The maximum Gasteiger partial charge on any atom is 0.323 e. The molecule has 0 bridgehead atoms. The average molecular weight is 254 g/mol. The second-order valence-corrected chi connectivity index (χ2v) is 3.82. The summed E-state index contributed by atoms with van der Waals surface area (Å²) in [6, 6.07) is -0.236. The molecule has 0 saturated heterocycles. The summed E-state index contributed by atoms with van der Waals surface area (Å²) in [4.78, 5) is 11.2. The van der Waals surface area contributed by atoms with Crippen molar-refractivity contribution in [2.24, 2.45) is 0 Å². The van der Waals surface area contributed by atoms with Crippen molar-refractivity contribution >= 4 is 22.1 Å². The van der Waals surface area contributed by atoms with E-state index in [1.54, 1.807) is 18.1 Å². The molecule has 0 saturated carbocycles. The van der Waals surface area contributed by atoms with E-state index in [1.165, 1.54) is 7.11 Å². The molecule has 0 amide bonds. The Kier molecular flexibility index (Phi) is 7.22. The van der Waals surface area contributed by atoms with Crippen LogP contribution in [0.15, 0.2) is 0 Å². The highest BCUT2D eigenvalue weighted by Crippen LogP contribution is 2.10. The first-order chi connectivity index (χ1) is 6.13. The summed E-state index contributed by atoms with van der Waals surface area (Å²) in [5, 5.41) is 0. The molecular formula is C8H16BrNO3. The van der Waals surface area contributed by atoms with Gasteiger partial charge in [-0.1, -0.05) is 0 Å². The topological polar surface area (TPSA) is 38.8 Å². The number of hydrogen-bond acceptors (Lipinski definition) is 4. The summed E-state index contributed by atoms with van der Waals surface area (Å²) in [6.45, 7) is 0.661. The smallest absolute Gasteiger partial charge is 0.323 e. The van der Waals surface area contributed by atoms with Crippen molar-refractivity contribution in [2.45, 2.75) is 18.9 Å². The van der Waals surface area contributed by atoms with Gasteiger partial charge in [-0.05, 0) is 19.9 Å². The zero-order valence-corrected chi connectivity index (χ0v) is 9.83. The zero-order valence-electron chi connectivity index (χ0n) is 8.25. The molecule has 0 aromatic rings. The Balaban J connectivity index is 3.88. The summed E-state index contributed by atoms with van der Waals surface area (Å²) in [7, 11) is 4.82. The monoisotopic (exact) mass is 253 g/mol. The molecule has 0 fully saturated rings. The highest BCUT2D eigenvalue weighted by atomic mass is 79.9. The number of likely N-dealkylation sites (N-methyl/N-ethyl adjacent to an activating group) is 1. The SMILES string of the molecule is COCCCC(C(=O)OC)N(C)Br. The second kappa shape index (κ2) is 7.29. The predicted octanol–water partition coefficient (Wildman–Crippen LogP) is 1.20. The van der Waals surface area contributed by atoms with Gasteiger partial charge in [-0.2, -0.15) is 0 Å². The van der Waals surface area contributed by atoms with E-state index in [-0.39, 0.29) is 12.0 Å². The number of esters is 1. The van der Waals surface area contributed by atoms with Crippen LogP contribution in [0.3, 0.4) is 0 Å². The molecule has 0 rings (SSSR count). The molecule has 1 unspecified atom stereocenters. The largest absolute Gasteiger partial charge is 0.468 e. The van der Waals surface area contributed by atoms with Crippen LogP contribution in [0.2, 0.25) is 0 Å². The minimum atomic E-state index is -0.236. The lowest BCUT2D eigenvalue weighted by molar-refractivity contribution is -0.144. The number of nitrogens with zero attached hydrogens (tertiary/aromatic N) is 1. The van der Waals surface area contributed by atoms with Crippen LogP contribution in [-0.4, -0.2) is 43.8 Å². The fourth-order valence-electron chi connectivity index (χ4n) is 0.998. The minimum absolute atomic E-state index is 0.226. The summed E-state index contributed by atoms with van der Waals surface area (Å²) in [5.41, 5.74) is 0. The lowest BCUT2D eigenvalue weighted by Crippen LogP contribution is -2.33. The van der Waals surface area contributed by atoms with Crippen molar-refractivity contribution in [1.82, 2.24) is 3.93 Å². The summed E-state index contributed by atoms with van der Waals surface area (Å²) in [5.74, 6) is -0.226. The molecule has 0 radical (unpaired) electrons. The fraction of sp³-hybridized carbons (Fsp3) is 0.875. The Hall–Kier alpha value is -0.130. The molecule has 0 aliphatic carbocycles. The van der Waals surface area contributed by atoms with Gasteiger partial charge in [0.25, 0.3) is 0 Å². The normalized spacial score (nSPS) is 13.0. The van der Waals surface area contributed by atoms with Gasteiger partial charge in [0.2, 0.25) is 0 Å². The molecule has 0 spiro atoms. The van der Waals surface area contributed by atoms with Gasteiger partial charge >= 0.3 is 5.97 Å². The Bertz CT molecular complexity index is 152. The Labute approximate surface area is 87.5 Å². The van der Waals surface area contributed by atoms with Gasteiger partial charge in [-0.3, -0.25) is 4.79 Å². The third-order valence-electron chi connectivity index (χ3n) is 1.73. The Morgan fingerprint density at radius 2 is 2.15 bits per heavy atom. The van der Waals surface area contributed by atoms with Gasteiger partial charge in [0.1, 0.15) is 6.04 Å². The van der Waals surface area contributed by atoms with Crippen LogP contribution in [-0.2, 0) is 14.3 Å². The third kappa shape index (κ3) is 5.23. The molecule has 1 atom stereocenters. The van der Waals surface area contributed by atoms with Gasteiger partial charge in [-0.15, -0.1) is 0 Å². The van der Waals surface area contributed by atoms with Crippen LogP contribution < -0.4 is 0 Å². The Morgan fingerprint density at radius 1 is 1.54 bits per heavy atom. The summed E-state index contributed by atoms with van der Waals surface area (Å²) >= 11 is 3.23. The van der Waals surface area contributed by atoms with Crippen molar-refractivity contribution in [3.63, 3.8) is 0 Å². The molecule has 4 nitrogen and oxygen atoms in total. The van der Waals surface area contributed by atoms with Crippen molar-refractivity contribution in [1.29, 1.82) is 0 Å². The number of carbonyl (C=O) groups is 1. The molecule has 0 aromatic heterocycles. The van der Waals surface area contributed by atoms with E-state index in [1.807, 2.05) is 0 Å². The first-order valence-electron chi connectivity index (χ1n) is 4.08. The van der Waals surface area contributed by atoms with E-state index in [9.17, 15) is 4.79 Å². The molecule has 78 valence electrons. The van der Waals surface area contributed by atoms with Crippen LogP contribution in [0.25, 0.3) is 0 Å². The molecule has 0 aliphatic rings. The molecule has 0 aromatic carbocycles. The maximum atomic E-state index is 11.2. The quantitative estimate of drug-likeness (QED) is 0.405. The Morgan fingerprint density at radius 3 is 2.54 bits per heavy atom. The van der Waals surface area contributed by atoms with E-state index in [4.69, 9.17) is 4.74 Å². The van der Waals surface area contributed by atoms with Crippen molar-refractivity contribution in [3.05, 3.63) is 0 Å². The van der Waals surface area contributed by atoms with E-state index < -0.39 is 0 Å². The summed E-state index contributed by atoms with van der Waals surface area (Å²) in [6.07, 6.45) is 1.56. The fourth-order valence-corrected chi connectivity index (χ4v) is 1.37. The number of ether oxygens (including phenoxy) is 2. The molecule has 0 aliphatic heterocycles. The van der Waals surface area contributed by atoms with Crippen molar-refractivity contribution in [2.75, 3.05) is 27.9 Å². The predicted molar refractivity (Wildman–Crippen MR) is 53.6 cm³/mol. The van der Waals surface area contributed by atoms with Crippen LogP contribution in [0.5, 0.6) is 0 Å². The van der Waals surface area contributed by atoms with Crippen LogP contribution in [0.4, 0.5) is 0 Å². The molecule has 0 N–H and O–H groups in total. The number of hydrogen-bond donors (Lipinski definition) is 0. The van der Waals surface area contributed by atoms with E-state index >= 15 is 0 Å². The second-order valence-electron chi connectivity index (χ2n) is 2.70.